The van der Waals surface area contributed by atoms with Crippen LogP contribution in [0.3, 0.4) is 0 Å². The van der Waals surface area contributed by atoms with Gasteiger partial charge in [-0.3, -0.25) is 9.69 Å². The number of likely N-dealkylation sites (N-methyl/N-ethyl adjacent to an activating group) is 1. The van der Waals surface area contributed by atoms with Crippen LogP contribution in [0.1, 0.15) is 19.4 Å². The maximum absolute atomic E-state index is 12.7. The fourth-order valence-corrected chi connectivity index (χ4v) is 2.63. The molecule has 0 fully saturated rings. The van der Waals surface area contributed by atoms with Gasteiger partial charge in [-0.05, 0) is 50.7 Å². The van der Waals surface area contributed by atoms with Crippen LogP contribution in [0.15, 0.2) is 42.5 Å². The number of nitrogens with one attached hydrogen (secondary N) is 1. The van der Waals surface area contributed by atoms with E-state index < -0.39 is 0 Å². The van der Waals surface area contributed by atoms with Gasteiger partial charge in [0.15, 0.2) is 0 Å². The lowest BCUT2D eigenvalue weighted by Crippen LogP contribution is -2.39. The zero-order chi connectivity index (χ0) is 19.8. The molecule has 1 N–H and O–H groups in total. The topological polar surface area (TPSA) is 60.0 Å². The van der Waals surface area contributed by atoms with Crippen molar-refractivity contribution in [3.8, 4) is 17.2 Å². The molecule has 0 bridgehead atoms. The number of carbonyl (C=O) groups excluding carboxylic acids is 1. The van der Waals surface area contributed by atoms with Crippen molar-refractivity contribution in [3.05, 3.63) is 48.0 Å². The summed E-state index contributed by atoms with van der Waals surface area (Å²) in [6.45, 7) is 5.12. The summed E-state index contributed by atoms with van der Waals surface area (Å²) < 4.78 is 16.0. The quantitative estimate of drug-likeness (QED) is 0.729. The second-order valence-corrected chi connectivity index (χ2v) is 6.22. The minimum Gasteiger partial charge on any atom is -0.497 e. The molecule has 0 spiro atoms. The molecule has 0 heterocycles. The highest BCUT2D eigenvalue weighted by atomic mass is 16.5. The molecule has 0 saturated heterocycles. The SMILES string of the molecule is CCOc1ccc(CN(C)C(C)C(=O)Nc2cc(OC)ccc2OC)cc1. The van der Waals surface area contributed by atoms with E-state index in [9.17, 15) is 4.79 Å². The Morgan fingerprint density at radius 2 is 1.74 bits per heavy atom. The van der Waals surface area contributed by atoms with Crippen molar-refractivity contribution in [1.82, 2.24) is 4.90 Å². The van der Waals surface area contributed by atoms with Crippen LogP contribution in [0.5, 0.6) is 17.2 Å². The van der Waals surface area contributed by atoms with Crippen LogP contribution in [0.25, 0.3) is 0 Å². The van der Waals surface area contributed by atoms with Crippen LogP contribution in [0.4, 0.5) is 5.69 Å². The van der Waals surface area contributed by atoms with Crippen LogP contribution in [0, 0.1) is 0 Å². The highest BCUT2D eigenvalue weighted by molar-refractivity contribution is 5.96. The van der Waals surface area contributed by atoms with E-state index >= 15 is 0 Å². The number of ether oxygens (including phenoxy) is 3. The Kier molecular flexibility index (Phi) is 7.49. The Bertz CT molecular complexity index is 746. The molecule has 6 heteroatoms. The summed E-state index contributed by atoms with van der Waals surface area (Å²) in [5.41, 5.74) is 1.70. The predicted molar refractivity (Wildman–Crippen MR) is 107 cm³/mol. The van der Waals surface area contributed by atoms with E-state index in [-0.39, 0.29) is 11.9 Å². The predicted octanol–water partition coefficient (Wildman–Crippen LogP) is 3.56. The maximum atomic E-state index is 12.7. The molecule has 146 valence electrons. The highest BCUT2D eigenvalue weighted by Gasteiger charge is 2.20. The number of amides is 1. The van der Waals surface area contributed by atoms with E-state index in [0.717, 1.165) is 11.3 Å². The molecule has 0 aliphatic carbocycles. The molecular weight excluding hydrogens is 344 g/mol. The molecule has 1 amide bonds. The average molecular weight is 372 g/mol. The molecule has 0 radical (unpaired) electrons. The summed E-state index contributed by atoms with van der Waals surface area (Å²) in [6, 6.07) is 12.9. The lowest BCUT2D eigenvalue weighted by molar-refractivity contribution is -0.120. The molecule has 1 unspecified atom stereocenters. The van der Waals surface area contributed by atoms with Crippen molar-refractivity contribution in [2.24, 2.45) is 0 Å². The summed E-state index contributed by atoms with van der Waals surface area (Å²) >= 11 is 0. The first-order chi connectivity index (χ1) is 13.0. The summed E-state index contributed by atoms with van der Waals surface area (Å²) in [4.78, 5) is 14.7. The smallest absolute Gasteiger partial charge is 0.241 e. The number of rotatable bonds is 9. The van der Waals surface area contributed by atoms with Crippen LogP contribution in [0.2, 0.25) is 0 Å². The minimum atomic E-state index is -0.326. The van der Waals surface area contributed by atoms with E-state index in [4.69, 9.17) is 14.2 Å². The van der Waals surface area contributed by atoms with Gasteiger partial charge in [0.2, 0.25) is 5.91 Å². The normalized spacial score (nSPS) is 11.8. The summed E-state index contributed by atoms with van der Waals surface area (Å²) in [7, 11) is 5.07. The first kappa shape index (κ1) is 20.6. The molecule has 27 heavy (non-hydrogen) atoms. The van der Waals surface area contributed by atoms with Crippen molar-refractivity contribution in [2.45, 2.75) is 26.4 Å². The number of anilines is 1. The molecule has 0 aliphatic heterocycles. The lowest BCUT2D eigenvalue weighted by Gasteiger charge is -2.24. The Balaban J connectivity index is 2.01. The maximum Gasteiger partial charge on any atom is 0.241 e. The first-order valence-corrected chi connectivity index (χ1v) is 8.93. The number of nitrogens with zero attached hydrogens (tertiary/aromatic N) is 1. The van der Waals surface area contributed by atoms with Crippen molar-refractivity contribution < 1.29 is 19.0 Å². The monoisotopic (exact) mass is 372 g/mol. The molecular formula is C21H28N2O4. The molecule has 2 aromatic rings. The van der Waals surface area contributed by atoms with Gasteiger partial charge in [-0.1, -0.05) is 12.1 Å². The number of hydrogen-bond acceptors (Lipinski definition) is 5. The van der Waals surface area contributed by atoms with Gasteiger partial charge in [-0.15, -0.1) is 0 Å². The summed E-state index contributed by atoms with van der Waals surface area (Å²) in [5, 5.41) is 2.92. The van der Waals surface area contributed by atoms with E-state index in [1.807, 2.05) is 50.1 Å². The van der Waals surface area contributed by atoms with Gasteiger partial charge in [-0.25, -0.2) is 0 Å². The number of methoxy groups -OCH3 is 2. The molecule has 6 nitrogen and oxygen atoms in total. The minimum absolute atomic E-state index is 0.116. The average Bonchev–Trinajstić information content (AvgIpc) is 2.68. The van der Waals surface area contributed by atoms with Crippen LogP contribution in [-0.4, -0.2) is 44.7 Å². The Hall–Kier alpha value is -2.73. The van der Waals surface area contributed by atoms with Crippen LogP contribution in [-0.2, 0) is 11.3 Å². The summed E-state index contributed by atoms with van der Waals surface area (Å²) in [5.74, 6) is 1.97. The third kappa shape index (κ3) is 5.62. The van der Waals surface area contributed by atoms with Gasteiger partial charge in [0.25, 0.3) is 0 Å². The first-order valence-electron chi connectivity index (χ1n) is 8.93. The molecule has 1 atom stereocenters. The number of benzene rings is 2. The number of carbonyl (C=O) groups is 1. The second kappa shape index (κ2) is 9.83. The zero-order valence-corrected chi connectivity index (χ0v) is 16.6. The standard InChI is InChI=1S/C21H28N2O4/c1-6-27-17-9-7-16(8-10-17)14-23(3)15(2)21(24)22-19-13-18(25-4)11-12-20(19)26-5/h7-13,15H,6,14H2,1-5H3,(H,22,24). The highest BCUT2D eigenvalue weighted by Crippen LogP contribution is 2.29. The van der Waals surface area contributed by atoms with Gasteiger partial charge in [0.1, 0.15) is 17.2 Å². The second-order valence-electron chi connectivity index (χ2n) is 6.22. The van der Waals surface area contributed by atoms with Crippen molar-refractivity contribution >= 4 is 11.6 Å². The van der Waals surface area contributed by atoms with E-state index in [1.165, 1.54) is 0 Å². The Morgan fingerprint density at radius 1 is 1.07 bits per heavy atom. The Morgan fingerprint density at radius 3 is 2.33 bits per heavy atom. The van der Waals surface area contributed by atoms with E-state index in [2.05, 4.69) is 5.32 Å². The largest absolute Gasteiger partial charge is 0.497 e. The van der Waals surface area contributed by atoms with Gasteiger partial charge < -0.3 is 19.5 Å². The molecule has 2 rings (SSSR count). The molecule has 0 aliphatic rings. The van der Waals surface area contributed by atoms with Gasteiger partial charge in [0, 0.05) is 12.6 Å². The van der Waals surface area contributed by atoms with Crippen molar-refractivity contribution in [3.63, 3.8) is 0 Å². The van der Waals surface area contributed by atoms with E-state index in [0.29, 0.717) is 30.3 Å². The molecule has 2 aromatic carbocycles. The Labute approximate surface area is 161 Å². The fraction of sp³-hybridized carbons (Fsp3) is 0.381. The third-order valence-corrected chi connectivity index (χ3v) is 4.37. The van der Waals surface area contributed by atoms with Crippen LogP contribution < -0.4 is 19.5 Å². The van der Waals surface area contributed by atoms with Crippen molar-refractivity contribution in [2.75, 3.05) is 33.2 Å². The van der Waals surface area contributed by atoms with E-state index in [1.54, 1.807) is 32.4 Å². The zero-order valence-electron chi connectivity index (χ0n) is 16.6. The van der Waals surface area contributed by atoms with Gasteiger partial charge in [0.05, 0.1) is 32.6 Å². The third-order valence-electron chi connectivity index (χ3n) is 4.37. The molecule has 0 aromatic heterocycles. The fourth-order valence-electron chi connectivity index (χ4n) is 2.63. The van der Waals surface area contributed by atoms with Crippen LogP contribution >= 0.6 is 0 Å². The number of hydrogen-bond donors (Lipinski definition) is 1. The van der Waals surface area contributed by atoms with Gasteiger partial charge in [-0.2, -0.15) is 0 Å². The van der Waals surface area contributed by atoms with Gasteiger partial charge >= 0.3 is 0 Å². The summed E-state index contributed by atoms with van der Waals surface area (Å²) in [6.07, 6.45) is 0. The van der Waals surface area contributed by atoms with Crippen molar-refractivity contribution in [1.29, 1.82) is 0 Å². The lowest BCUT2D eigenvalue weighted by atomic mass is 10.1. The molecule has 0 saturated carbocycles.